The van der Waals surface area contributed by atoms with E-state index >= 15 is 0 Å². The summed E-state index contributed by atoms with van der Waals surface area (Å²) in [6.07, 6.45) is 0. The molecule has 0 aliphatic carbocycles. The Kier molecular flexibility index (Phi) is 2.96. The highest BCUT2D eigenvalue weighted by atomic mass is 16.5. The first-order chi connectivity index (χ1) is 7.69. The van der Waals surface area contributed by atoms with Gasteiger partial charge in [-0.25, -0.2) is 4.79 Å². The number of nitrogens with one attached hydrogen (secondary N) is 2. The van der Waals surface area contributed by atoms with Gasteiger partial charge in [-0.15, -0.1) is 0 Å². The maximum Gasteiger partial charge on any atom is 0.417 e. The maximum absolute atomic E-state index is 11.0. The number of fused-ring (bicyclic) bond motifs is 1. The highest BCUT2D eigenvalue weighted by molar-refractivity contribution is 5.76. The molecule has 2 rings (SSSR count). The van der Waals surface area contributed by atoms with Crippen molar-refractivity contribution in [2.75, 3.05) is 19.0 Å². The molecular weight excluding hydrogens is 208 g/mol. The van der Waals surface area contributed by atoms with Gasteiger partial charge in [0, 0.05) is 18.8 Å². The second-order valence-corrected chi connectivity index (χ2v) is 3.73. The van der Waals surface area contributed by atoms with Gasteiger partial charge in [0.25, 0.3) is 0 Å². The van der Waals surface area contributed by atoms with Gasteiger partial charge in [-0.2, -0.15) is 0 Å². The average Bonchev–Trinajstić information content (AvgIpc) is 2.57. The van der Waals surface area contributed by atoms with E-state index in [2.05, 4.69) is 10.3 Å². The predicted molar refractivity (Wildman–Crippen MR) is 61.8 cm³/mol. The van der Waals surface area contributed by atoms with Crippen LogP contribution in [-0.2, 0) is 4.74 Å². The SMILES string of the molecule is COCC(C)Nc1ccc2oc(=O)[nH]c2c1. The van der Waals surface area contributed by atoms with Crippen LogP contribution in [0.3, 0.4) is 0 Å². The molecule has 0 bridgehead atoms. The van der Waals surface area contributed by atoms with E-state index < -0.39 is 5.76 Å². The van der Waals surface area contributed by atoms with Crippen molar-refractivity contribution in [1.29, 1.82) is 0 Å². The Bertz CT molecular complexity index is 529. The minimum absolute atomic E-state index is 0.209. The molecule has 1 atom stereocenters. The molecule has 1 aromatic heterocycles. The molecule has 0 aliphatic heterocycles. The van der Waals surface area contributed by atoms with Crippen LogP contribution >= 0.6 is 0 Å². The summed E-state index contributed by atoms with van der Waals surface area (Å²) in [5, 5.41) is 3.26. The van der Waals surface area contributed by atoms with Gasteiger partial charge in [-0.05, 0) is 25.1 Å². The first-order valence-electron chi connectivity index (χ1n) is 5.07. The van der Waals surface area contributed by atoms with Crippen LogP contribution < -0.4 is 11.1 Å². The van der Waals surface area contributed by atoms with Gasteiger partial charge in [0.05, 0.1) is 12.1 Å². The van der Waals surface area contributed by atoms with Crippen LogP contribution in [0, 0.1) is 0 Å². The van der Waals surface area contributed by atoms with E-state index in [9.17, 15) is 4.79 Å². The van der Waals surface area contributed by atoms with Gasteiger partial charge in [-0.3, -0.25) is 4.98 Å². The molecule has 0 saturated carbocycles. The molecule has 16 heavy (non-hydrogen) atoms. The molecule has 2 N–H and O–H groups in total. The third-order valence-electron chi connectivity index (χ3n) is 2.25. The fraction of sp³-hybridized carbons (Fsp3) is 0.364. The lowest BCUT2D eigenvalue weighted by atomic mass is 10.2. The second-order valence-electron chi connectivity index (χ2n) is 3.73. The van der Waals surface area contributed by atoms with Gasteiger partial charge in [0.2, 0.25) is 0 Å². The number of aromatic nitrogens is 1. The van der Waals surface area contributed by atoms with Crippen LogP contribution in [0.15, 0.2) is 27.4 Å². The molecule has 0 fully saturated rings. The summed E-state index contributed by atoms with van der Waals surface area (Å²) in [4.78, 5) is 13.6. The van der Waals surface area contributed by atoms with Crippen molar-refractivity contribution in [3.05, 3.63) is 28.7 Å². The highest BCUT2D eigenvalue weighted by Gasteiger charge is 2.04. The van der Waals surface area contributed by atoms with E-state index in [1.165, 1.54) is 0 Å². The summed E-state index contributed by atoms with van der Waals surface area (Å²) in [6.45, 7) is 2.64. The lowest BCUT2D eigenvalue weighted by Gasteiger charge is -2.13. The summed E-state index contributed by atoms with van der Waals surface area (Å²) in [7, 11) is 1.66. The van der Waals surface area contributed by atoms with Crippen LogP contribution in [0.5, 0.6) is 0 Å². The molecule has 86 valence electrons. The van der Waals surface area contributed by atoms with Crippen LogP contribution in [0.2, 0.25) is 0 Å². The molecule has 0 amide bonds. The zero-order valence-electron chi connectivity index (χ0n) is 9.24. The summed E-state index contributed by atoms with van der Waals surface area (Å²) >= 11 is 0. The number of aromatic amines is 1. The number of oxazole rings is 1. The number of H-pyrrole nitrogens is 1. The molecule has 5 nitrogen and oxygen atoms in total. The Hall–Kier alpha value is -1.75. The van der Waals surface area contributed by atoms with E-state index in [0.717, 1.165) is 5.69 Å². The largest absolute Gasteiger partial charge is 0.417 e. The molecule has 0 spiro atoms. The van der Waals surface area contributed by atoms with Crippen molar-refractivity contribution in [3.8, 4) is 0 Å². The molecular formula is C11H14N2O3. The standard InChI is InChI=1S/C11H14N2O3/c1-7(6-15-2)12-8-3-4-10-9(5-8)13-11(14)16-10/h3-5,7,12H,6H2,1-2H3,(H,13,14). The Balaban J connectivity index is 2.22. The molecule has 5 heteroatoms. The maximum atomic E-state index is 11.0. The van der Waals surface area contributed by atoms with Crippen LogP contribution in [0.4, 0.5) is 5.69 Å². The Morgan fingerprint density at radius 3 is 3.12 bits per heavy atom. The number of hydrogen-bond acceptors (Lipinski definition) is 4. The van der Waals surface area contributed by atoms with Gasteiger partial charge in [0.15, 0.2) is 5.58 Å². The van der Waals surface area contributed by atoms with E-state index in [0.29, 0.717) is 17.7 Å². The van der Waals surface area contributed by atoms with E-state index in [4.69, 9.17) is 9.15 Å². The number of hydrogen-bond donors (Lipinski definition) is 2. The lowest BCUT2D eigenvalue weighted by Crippen LogP contribution is -2.20. The monoisotopic (exact) mass is 222 g/mol. The number of benzene rings is 1. The van der Waals surface area contributed by atoms with Crippen LogP contribution in [-0.4, -0.2) is 24.7 Å². The molecule has 1 unspecified atom stereocenters. The van der Waals surface area contributed by atoms with Crippen LogP contribution in [0.25, 0.3) is 11.1 Å². The smallest absolute Gasteiger partial charge is 0.408 e. The lowest BCUT2D eigenvalue weighted by molar-refractivity contribution is 0.190. The fourth-order valence-corrected chi connectivity index (χ4v) is 1.62. The number of rotatable bonds is 4. The summed E-state index contributed by atoms with van der Waals surface area (Å²) in [5.74, 6) is -0.433. The van der Waals surface area contributed by atoms with Gasteiger partial charge >= 0.3 is 5.76 Å². The van der Waals surface area contributed by atoms with Crippen molar-refractivity contribution in [2.24, 2.45) is 0 Å². The van der Waals surface area contributed by atoms with E-state index in [-0.39, 0.29) is 6.04 Å². The van der Waals surface area contributed by atoms with Crippen molar-refractivity contribution >= 4 is 16.8 Å². The quantitative estimate of drug-likeness (QED) is 0.824. The van der Waals surface area contributed by atoms with Crippen molar-refractivity contribution in [2.45, 2.75) is 13.0 Å². The first kappa shape index (κ1) is 10.8. The highest BCUT2D eigenvalue weighted by Crippen LogP contribution is 2.16. The molecule has 1 aromatic carbocycles. The molecule has 0 radical (unpaired) electrons. The average molecular weight is 222 g/mol. The number of methoxy groups -OCH3 is 1. The number of anilines is 1. The Labute approximate surface area is 92.4 Å². The Morgan fingerprint density at radius 1 is 1.56 bits per heavy atom. The second kappa shape index (κ2) is 4.40. The number of ether oxygens (including phenoxy) is 1. The van der Waals surface area contributed by atoms with Crippen molar-refractivity contribution < 1.29 is 9.15 Å². The topological polar surface area (TPSA) is 67.3 Å². The zero-order valence-corrected chi connectivity index (χ0v) is 9.24. The van der Waals surface area contributed by atoms with Gasteiger partial charge in [0.1, 0.15) is 0 Å². The molecule has 0 saturated heterocycles. The van der Waals surface area contributed by atoms with Crippen molar-refractivity contribution in [3.63, 3.8) is 0 Å². The minimum atomic E-state index is -0.433. The fourth-order valence-electron chi connectivity index (χ4n) is 1.62. The minimum Gasteiger partial charge on any atom is -0.408 e. The first-order valence-corrected chi connectivity index (χ1v) is 5.07. The van der Waals surface area contributed by atoms with E-state index in [1.807, 2.05) is 19.1 Å². The van der Waals surface area contributed by atoms with E-state index in [1.54, 1.807) is 13.2 Å². The van der Waals surface area contributed by atoms with Gasteiger partial charge in [-0.1, -0.05) is 0 Å². The molecule has 1 heterocycles. The third-order valence-corrected chi connectivity index (χ3v) is 2.25. The van der Waals surface area contributed by atoms with Crippen LogP contribution in [0.1, 0.15) is 6.92 Å². The summed E-state index contributed by atoms with van der Waals surface area (Å²) < 4.78 is 9.94. The summed E-state index contributed by atoms with van der Waals surface area (Å²) in [6, 6.07) is 5.67. The van der Waals surface area contributed by atoms with Gasteiger partial charge < -0.3 is 14.5 Å². The predicted octanol–water partition coefficient (Wildman–Crippen LogP) is 1.57. The third kappa shape index (κ3) is 2.25. The summed E-state index contributed by atoms with van der Waals surface area (Å²) in [5.41, 5.74) is 2.18. The molecule has 0 aliphatic rings. The normalized spacial score (nSPS) is 12.9. The molecule has 2 aromatic rings. The zero-order chi connectivity index (χ0) is 11.5. The van der Waals surface area contributed by atoms with Crippen molar-refractivity contribution in [1.82, 2.24) is 4.98 Å². The Morgan fingerprint density at radius 2 is 2.38 bits per heavy atom.